The highest BCUT2D eigenvalue weighted by molar-refractivity contribution is 6.10. The Morgan fingerprint density at radius 3 is 2.67 bits per heavy atom. The molecule has 6 nitrogen and oxygen atoms in total. The molecule has 2 aromatic carbocycles. The lowest BCUT2D eigenvalue weighted by atomic mass is 9.79. The van der Waals surface area contributed by atoms with Crippen molar-refractivity contribution in [3.8, 4) is 5.75 Å². The number of carbonyl (C=O) groups is 2. The Morgan fingerprint density at radius 2 is 2.00 bits per heavy atom. The number of nitrogens with one attached hydrogen (secondary N) is 3. The fourth-order valence-electron chi connectivity index (χ4n) is 4.66. The molecule has 0 unspecified atom stereocenters. The Bertz CT molecular complexity index is 976. The molecule has 2 aliphatic rings. The van der Waals surface area contributed by atoms with Crippen LogP contribution in [0.15, 0.2) is 42.5 Å². The van der Waals surface area contributed by atoms with E-state index in [1.807, 2.05) is 0 Å². The van der Waals surface area contributed by atoms with Crippen LogP contribution in [0.5, 0.6) is 5.75 Å². The maximum absolute atomic E-state index is 14.1. The highest BCUT2D eigenvalue weighted by Gasteiger charge is 2.60. The second kappa shape index (κ2) is 7.72. The second-order valence-electron chi connectivity index (χ2n) is 8.43. The summed E-state index contributed by atoms with van der Waals surface area (Å²) in [4.78, 5) is 26.5. The normalized spacial score (nSPS) is 24.8. The fraction of sp³-hybridized carbons (Fsp3) is 0.391. The SMILES string of the molecule is COc1ccc(NC(=O)[C@@H]2C[C@@H](CC(C)C)N[C@]23C(=O)Nc2ccc(F)cc23)cc1. The maximum atomic E-state index is 14.1. The van der Waals surface area contributed by atoms with E-state index >= 15 is 0 Å². The molecule has 2 amide bonds. The van der Waals surface area contributed by atoms with Crippen LogP contribution in [0.25, 0.3) is 0 Å². The molecule has 4 rings (SSSR count). The van der Waals surface area contributed by atoms with Crippen molar-refractivity contribution < 1.29 is 18.7 Å². The van der Waals surface area contributed by atoms with Gasteiger partial charge in [-0.25, -0.2) is 4.39 Å². The van der Waals surface area contributed by atoms with Crippen LogP contribution >= 0.6 is 0 Å². The number of anilines is 2. The van der Waals surface area contributed by atoms with Gasteiger partial charge in [-0.2, -0.15) is 0 Å². The minimum Gasteiger partial charge on any atom is -0.497 e. The Balaban J connectivity index is 1.69. The molecule has 2 heterocycles. The van der Waals surface area contributed by atoms with Gasteiger partial charge in [-0.15, -0.1) is 0 Å². The summed E-state index contributed by atoms with van der Waals surface area (Å²) >= 11 is 0. The predicted octanol–water partition coefficient (Wildman–Crippen LogP) is 3.64. The lowest BCUT2D eigenvalue weighted by molar-refractivity contribution is -0.130. The Labute approximate surface area is 175 Å². The molecule has 30 heavy (non-hydrogen) atoms. The summed E-state index contributed by atoms with van der Waals surface area (Å²) in [6, 6.07) is 11.2. The molecule has 0 bridgehead atoms. The Morgan fingerprint density at radius 1 is 1.27 bits per heavy atom. The molecule has 0 radical (unpaired) electrons. The topological polar surface area (TPSA) is 79.5 Å². The fourth-order valence-corrected chi connectivity index (χ4v) is 4.66. The Hall–Kier alpha value is -2.93. The van der Waals surface area contributed by atoms with Gasteiger partial charge in [0.1, 0.15) is 17.1 Å². The van der Waals surface area contributed by atoms with E-state index in [0.717, 1.165) is 6.42 Å². The standard InChI is InChI=1S/C23H26FN3O3/c1-13(2)10-16-12-19(21(28)25-15-5-7-17(30-3)8-6-15)23(27-16)18-11-14(24)4-9-20(18)26-22(23)29/h4-9,11,13,16,19,27H,10,12H2,1-3H3,(H,25,28)(H,26,29)/t16-,19+,23+/m1/s1. The average molecular weight is 411 g/mol. The summed E-state index contributed by atoms with van der Waals surface area (Å²) < 4.78 is 19.3. The number of rotatable bonds is 5. The van der Waals surface area contributed by atoms with Crippen LogP contribution in [0, 0.1) is 17.7 Å². The molecule has 2 aromatic rings. The van der Waals surface area contributed by atoms with Gasteiger partial charge in [-0.05, 0) is 61.2 Å². The molecule has 158 valence electrons. The number of hydrogen-bond acceptors (Lipinski definition) is 4. The van der Waals surface area contributed by atoms with Crippen molar-refractivity contribution in [1.29, 1.82) is 0 Å². The number of halogens is 1. The first kappa shape index (κ1) is 20.3. The molecule has 2 aliphatic heterocycles. The van der Waals surface area contributed by atoms with Crippen LogP contribution in [0.4, 0.5) is 15.8 Å². The van der Waals surface area contributed by atoms with Crippen molar-refractivity contribution in [2.45, 2.75) is 38.3 Å². The summed E-state index contributed by atoms with van der Waals surface area (Å²) in [6.07, 6.45) is 1.30. The molecular formula is C23H26FN3O3. The van der Waals surface area contributed by atoms with Gasteiger partial charge >= 0.3 is 0 Å². The third-order valence-electron chi connectivity index (χ3n) is 5.92. The van der Waals surface area contributed by atoms with E-state index in [-0.39, 0.29) is 17.9 Å². The zero-order valence-electron chi connectivity index (χ0n) is 17.3. The van der Waals surface area contributed by atoms with E-state index in [1.165, 1.54) is 12.1 Å². The number of carbonyl (C=O) groups excluding carboxylic acids is 2. The molecule has 1 spiro atoms. The van der Waals surface area contributed by atoms with Gasteiger partial charge in [0.25, 0.3) is 0 Å². The van der Waals surface area contributed by atoms with Crippen LogP contribution in [-0.2, 0) is 15.1 Å². The monoisotopic (exact) mass is 411 g/mol. The molecule has 0 saturated carbocycles. The smallest absolute Gasteiger partial charge is 0.250 e. The molecule has 0 aromatic heterocycles. The average Bonchev–Trinajstić information content (AvgIpc) is 3.21. The summed E-state index contributed by atoms with van der Waals surface area (Å²) in [5.41, 5.74) is 0.365. The van der Waals surface area contributed by atoms with Crippen molar-refractivity contribution in [3.05, 3.63) is 53.8 Å². The zero-order chi connectivity index (χ0) is 21.5. The first-order valence-electron chi connectivity index (χ1n) is 10.2. The predicted molar refractivity (Wildman–Crippen MR) is 113 cm³/mol. The number of hydrogen-bond donors (Lipinski definition) is 3. The van der Waals surface area contributed by atoms with Crippen LogP contribution in [0.1, 0.15) is 32.3 Å². The Kier molecular flexibility index (Phi) is 5.24. The first-order valence-corrected chi connectivity index (χ1v) is 10.2. The summed E-state index contributed by atoms with van der Waals surface area (Å²) in [5, 5.41) is 9.15. The summed E-state index contributed by atoms with van der Waals surface area (Å²) in [6.45, 7) is 4.20. The van der Waals surface area contributed by atoms with E-state index in [0.29, 0.717) is 35.0 Å². The summed E-state index contributed by atoms with van der Waals surface area (Å²) in [5.74, 6) is -0.627. The lowest BCUT2D eigenvalue weighted by Gasteiger charge is -2.29. The minimum atomic E-state index is -1.28. The van der Waals surface area contributed by atoms with Crippen molar-refractivity contribution in [2.75, 3.05) is 17.7 Å². The van der Waals surface area contributed by atoms with Crippen molar-refractivity contribution in [1.82, 2.24) is 5.32 Å². The third kappa shape index (κ3) is 3.43. The van der Waals surface area contributed by atoms with Crippen LogP contribution in [0.3, 0.4) is 0 Å². The highest BCUT2D eigenvalue weighted by Crippen LogP contribution is 2.48. The first-order chi connectivity index (χ1) is 14.3. The maximum Gasteiger partial charge on any atom is 0.250 e. The molecule has 7 heteroatoms. The van der Waals surface area contributed by atoms with Crippen LogP contribution in [-0.4, -0.2) is 25.0 Å². The largest absolute Gasteiger partial charge is 0.497 e. The van der Waals surface area contributed by atoms with Gasteiger partial charge in [0, 0.05) is 23.0 Å². The zero-order valence-corrected chi connectivity index (χ0v) is 17.3. The van der Waals surface area contributed by atoms with Gasteiger partial charge in [0.15, 0.2) is 0 Å². The number of amides is 2. The molecule has 3 atom stereocenters. The summed E-state index contributed by atoms with van der Waals surface area (Å²) in [7, 11) is 1.58. The second-order valence-corrected chi connectivity index (χ2v) is 8.43. The van der Waals surface area contributed by atoms with E-state index < -0.39 is 17.3 Å². The van der Waals surface area contributed by atoms with Gasteiger partial charge in [0.2, 0.25) is 11.8 Å². The third-order valence-corrected chi connectivity index (χ3v) is 5.92. The lowest BCUT2D eigenvalue weighted by Crippen LogP contribution is -2.52. The van der Waals surface area contributed by atoms with Gasteiger partial charge in [-0.1, -0.05) is 13.8 Å². The van der Waals surface area contributed by atoms with Crippen molar-refractivity contribution >= 4 is 23.2 Å². The van der Waals surface area contributed by atoms with Crippen molar-refractivity contribution in [2.24, 2.45) is 11.8 Å². The number of methoxy groups -OCH3 is 1. The highest BCUT2D eigenvalue weighted by atomic mass is 19.1. The molecule has 3 N–H and O–H groups in total. The minimum absolute atomic E-state index is 0.0309. The number of ether oxygens (including phenoxy) is 1. The van der Waals surface area contributed by atoms with E-state index in [1.54, 1.807) is 37.4 Å². The molecule has 1 saturated heterocycles. The van der Waals surface area contributed by atoms with Gasteiger partial charge in [0.05, 0.1) is 13.0 Å². The number of fused-ring (bicyclic) bond motifs is 2. The molecule has 0 aliphatic carbocycles. The number of benzene rings is 2. The van der Waals surface area contributed by atoms with Crippen LogP contribution < -0.4 is 20.7 Å². The van der Waals surface area contributed by atoms with Crippen LogP contribution in [0.2, 0.25) is 0 Å². The van der Waals surface area contributed by atoms with E-state index in [2.05, 4.69) is 29.8 Å². The molecular weight excluding hydrogens is 385 g/mol. The van der Waals surface area contributed by atoms with E-state index in [9.17, 15) is 14.0 Å². The molecule has 1 fully saturated rings. The van der Waals surface area contributed by atoms with Gasteiger partial charge in [-0.3, -0.25) is 14.9 Å². The van der Waals surface area contributed by atoms with Gasteiger partial charge < -0.3 is 15.4 Å². The van der Waals surface area contributed by atoms with Crippen molar-refractivity contribution in [3.63, 3.8) is 0 Å². The van der Waals surface area contributed by atoms with E-state index in [4.69, 9.17) is 4.74 Å². The quantitative estimate of drug-likeness (QED) is 0.702.